The van der Waals surface area contributed by atoms with Crippen LogP contribution in [-0.2, 0) is 21.1 Å². The van der Waals surface area contributed by atoms with Gasteiger partial charge in [-0.3, -0.25) is 14.9 Å². The zero-order chi connectivity index (χ0) is 20.2. The van der Waals surface area contributed by atoms with Crippen molar-refractivity contribution in [2.75, 3.05) is 23.4 Å². The van der Waals surface area contributed by atoms with Gasteiger partial charge in [0.05, 0.1) is 16.4 Å². The number of para-hydroxylation sites is 1. The number of carbonyl (C=O) groups excluding carboxylic acids is 1. The highest BCUT2D eigenvalue weighted by molar-refractivity contribution is 7.90. The van der Waals surface area contributed by atoms with Gasteiger partial charge in [0.15, 0.2) is 9.84 Å². The number of hydrogen-bond acceptors (Lipinski definition) is 6. The highest BCUT2D eigenvalue weighted by atomic mass is 32.2. The van der Waals surface area contributed by atoms with Gasteiger partial charge in [-0.05, 0) is 36.6 Å². The van der Waals surface area contributed by atoms with Gasteiger partial charge in [-0.1, -0.05) is 25.1 Å². The van der Waals surface area contributed by atoms with Crippen molar-refractivity contribution in [2.45, 2.75) is 25.2 Å². The molecule has 0 atom stereocenters. The van der Waals surface area contributed by atoms with Crippen LogP contribution in [0.4, 0.5) is 17.1 Å². The summed E-state index contributed by atoms with van der Waals surface area (Å²) in [6, 6.07) is 9.24. The first-order chi connectivity index (χ1) is 12.6. The number of aryl methyl sites for hydroxylation is 2. The van der Waals surface area contributed by atoms with Gasteiger partial charge in [-0.2, -0.15) is 0 Å². The van der Waals surface area contributed by atoms with Crippen LogP contribution in [-0.4, -0.2) is 32.0 Å². The van der Waals surface area contributed by atoms with Crippen LogP contribution in [0.15, 0.2) is 41.3 Å². The van der Waals surface area contributed by atoms with E-state index in [2.05, 4.69) is 10.6 Å². The number of hydrogen-bond donors (Lipinski definition) is 2. The maximum atomic E-state index is 12.3. The molecule has 0 aliphatic rings. The molecule has 0 heterocycles. The Hall–Kier alpha value is -2.94. The minimum atomic E-state index is -3.57. The zero-order valence-corrected chi connectivity index (χ0v) is 16.1. The quantitative estimate of drug-likeness (QED) is 0.553. The molecule has 2 aromatic rings. The van der Waals surface area contributed by atoms with Crippen LogP contribution in [0.3, 0.4) is 0 Å². The normalized spacial score (nSPS) is 11.1. The lowest BCUT2D eigenvalue weighted by Gasteiger charge is -2.14. The molecule has 9 heteroatoms. The van der Waals surface area contributed by atoms with Gasteiger partial charge in [0.2, 0.25) is 5.91 Å². The summed E-state index contributed by atoms with van der Waals surface area (Å²) in [4.78, 5) is 22.7. The molecule has 0 saturated carbocycles. The zero-order valence-electron chi connectivity index (χ0n) is 15.3. The summed E-state index contributed by atoms with van der Waals surface area (Å²) in [5.74, 6) is -0.361. The fourth-order valence-corrected chi connectivity index (χ4v) is 3.24. The topological polar surface area (TPSA) is 118 Å². The largest absolute Gasteiger partial charge is 0.371 e. The predicted molar refractivity (Wildman–Crippen MR) is 104 cm³/mol. The predicted octanol–water partition coefficient (Wildman–Crippen LogP) is 2.92. The SMILES string of the molecule is CCc1cccc(C)c1NC(=O)CNc1ccc(S(C)(=O)=O)cc1[N+](=O)[O-]. The Morgan fingerprint density at radius 3 is 2.52 bits per heavy atom. The summed E-state index contributed by atoms with van der Waals surface area (Å²) < 4.78 is 23.1. The van der Waals surface area contributed by atoms with Gasteiger partial charge in [0.1, 0.15) is 5.69 Å². The number of nitro groups is 1. The lowest BCUT2D eigenvalue weighted by molar-refractivity contribution is -0.384. The van der Waals surface area contributed by atoms with Crippen LogP contribution >= 0.6 is 0 Å². The molecule has 0 fully saturated rings. The number of rotatable bonds is 7. The van der Waals surface area contributed by atoms with E-state index in [0.29, 0.717) is 0 Å². The number of nitro benzene ring substituents is 1. The highest BCUT2D eigenvalue weighted by Crippen LogP contribution is 2.27. The number of nitrogens with zero attached hydrogens (tertiary/aromatic N) is 1. The van der Waals surface area contributed by atoms with E-state index in [1.54, 1.807) is 0 Å². The molecule has 144 valence electrons. The van der Waals surface area contributed by atoms with E-state index in [9.17, 15) is 23.3 Å². The molecule has 0 radical (unpaired) electrons. The summed E-state index contributed by atoms with van der Waals surface area (Å²) >= 11 is 0. The van der Waals surface area contributed by atoms with E-state index in [-0.39, 0.29) is 23.0 Å². The molecule has 1 amide bonds. The van der Waals surface area contributed by atoms with E-state index in [0.717, 1.165) is 35.6 Å². The average Bonchev–Trinajstić information content (AvgIpc) is 2.60. The molecule has 2 rings (SSSR count). The molecule has 8 nitrogen and oxygen atoms in total. The molecule has 0 aliphatic heterocycles. The van der Waals surface area contributed by atoms with Gasteiger partial charge >= 0.3 is 0 Å². The Morgan fingerprint density at radius 1 is 1.22 bits per heavy atom. The summed E-state index contributed by atoms with van der Waals surface area (Å²) in [5.41, 5.74) is 2.31. The van der Waals surface area contributed by atoms with E-state index < -0.39 is 20.4 Å². The maximum Gasteiger partial charge on any atom is 0.293 e. The lowest BCUT2D eigenvalue weighted by atomic mass is 10.1. The Morgan fingerprint density at radius 2 is 1.93 bits per heavy atom. The van der Waals surface area contributed by atoms with Crippen molar-refractivity contribution >= 4 is 32.8 Å². The van der Waals surface area contributed by atoms with Gasteiger partial charge < -0.3 is 10.6 Å². The van der Waals surface area contributed by atoms with Crippen LogP contribution in [0.2, 0.25) is 0 Å². The van der Waals surface area contributed by atoms with Gasteiger partial charge in [0, 0.05) is 18.0 Å². The minimum absolute atomic E-state index is 0.0723. The second-order valence-electron chi connectivity index (χ2n) is 6.07. The fourth-order valence-electron chi connectivity index (χ4n) is 2.60. The fraction of sp³-hybridized carbons (Fsp3) is 0.278. The van der Waals surface area contributed by atoms with Crippen molar-refractivity contribution in [1.29, 1.82) is 0 Å². The number of sulfone groups is 1. The standard InChI is InChI=1S/C18H21N3O5S/c1-4-13-7-5-6-12(2)18(13)20-17(22)11-19-15-9-8-14(27(3,25)26)10-16(15)21(23)24/h5-10,19H,4,11H2,1-3H3,(H,20,22). The van der Waals surface area contributed by atoms with Crippen LogP contribution in [0, 0.1) is 17.0 Å². The molecule has 0 aromatic heterocycles. The van der Waals surface area contributed by atoms with Crippen molar-refractivity contribution in [3.8, 4) is 0 Å². The monoisotopic (exact) mass is 391 g/mol. The third-order valence-electron chi connectivity index (χ3n) is 4.04. The number of benzene rings is 2. The smallest absolute Gasteiger partial charge is 0.293 e. The minimum Gasteiger partial charge on any atom is -0.371 e. The van der Waals surface area contributed by atoms with Crippen LogP contribution in [0.5, 0.6) is 0 Å². The first kappa shape index (κ1) is 20.4. The van der Waals surface area contributed by atoms with Crippen molar-refractivity contribution in [2.24, 2.45) is 0 Å². The molecular formula is C18H21N3O5S. The summed E-state index contributed by atoms with van der Waals surface area (Å²) in [5, 5.41) is 16.8. The molecular weight excluding hydrogens is 370 g/mol. The molecule has 0 unspecified atom stereocenters. The molecule has 0 aliphatic carbocycles. The Labute approximate surface area is 157 Å². The van der Waals surface area contributed by atoms with Crippen LogP contribution in [0.1, 0.15) is 18.1 Å². The summed E-state index contributed by atoms with van der Waals surface area (Å²) in [6.45, 7) is 3.67. The molecule has 0 saturated heterocycles. The third kappa shape index (κ3) is 5.04. The van der Waals surface area contributed by atoms with Gasteiger partial charge in [0.25, 0.3) is 5.69 Å². The van der Waals surface area contributed by atoms with Crippen molar-refractivity contribution in [1.82, 2.24) is 0 Å². The van der Waals surface area contributed by atoms with Crippen molar-refractivity contribution in [3.63, 3.8) is 0 Å². The van der Waals surface area contributed by atoms with Gasteiger partial charge in [-0.25, -0.2) is 8.42 Å². The Bertz CT molecular complexity index is 986. The lowest BCUT2D eigenvalue weighted by Crippen LogP contribution is -2.23. The van der Waals surface area contributed by atoms with Crippen LogP contribution < -0.4 is 10.6 Å². The number of carbonyl (C=O) groups is 1. The molecule has 2 N–H and O–H groups in total. The van der Waals surface area contributed by atoms with Crippen molar-refractivity contribution < 1.29 is 18.1 Å². The Balaban J connectivity index is 2.17. The van der Waals surface area contributed by atoms with Gasteiger partial charge in [-0.15, -0.1) is 0 Å². The molecule has 0 spiro atoms. The number of nitrogens with one attached hydrogen (secondary N) is 2. The molecule has 0 bridgehead atoms. The first-order valence-electron chi connectivity index (χ1n) is 8.24. The average molecular weight is 391 g/mol. The van der Waals surface area contributed by atoms with E-state index in [4.69, 9.17) is 0 Å². The maximum absolute atomic E-state index is 12.3. The third-order valence-corrected chi connectivity index (χ3v) is 5.15. The molecule has 2 aromatic carbocycles. The highest BCUT2D eigenvalue weighted by Gasteiger charge is 2.19. The first-order valence-corrected chi connectivity index (χ1v) is 10.1. The number of anilines is 2. The van der Waals surface area contributed by atoms with Crippen LogP contribution in [0.25, 0.3) is 0 Å². The second kappa shape index (κ2) is 8.17. The van der Waals surface area contributed by atoms with E-state index >= 15 is 0 Å². The van der Waals surface area contributed by atoms with Crippen molar-refractivity contribution in [3.05, 3.63) is 57.6 Å². The summed E-state index contributed by atoms with van der Waals surface area (Å²) in [7, 11) is -3.57. The summed E-state index contributed by atoms with van der Waals surface area (Å²) in [6.07, 6.45) is 1.73. The number of amides is 1. The molecule has 27 heavy (non-hydrogen) atoms. The second-order valence-corrected chi connectivity index (χ2v) is 8.09. The van der Waals surface area contributed by atoms with E-state index in [1.807, 2.05) is 32.0 Å². The Kier molecular flexibility index (Phi) is 6.17. The van der Waals surface area contributed by atoms with E-state index in [1.165, 1.54) is 12.1 Å².